The molecule has 0 saturated heterocycles. The quantitative estimate of drug-likeness (QED) is 0.803. The van der Waals surface area contributed by atoms with Crippen molar-refractivity contribution in [2.24, 2.45) is 0 Å². The minimum absolute atomic E-state index is 0.0495. The Hall–Kier alpha value is -1.82. The van der Waals surface area contributed by atoms with Gasteiger partial charge < -0.3 is 9.64 Å². The average molecular weight is 336 g/mol. The molecule has 5 nitrogen and oxygen atoms in total. The maximum absolute atomic E-state index is 13.0. The third kappa shape index (κ3) is 3.13. The van der Waals surface area contributed by atoms with Crippen LogP contribution in [0.1, 0.15) is 47.1 Å². The summed E-state index contributed by atoms with van der Waals surface area (Å²) in [5.41, 5.74) is 0.998. The number of thiazole rings is 1. The summed E-state index contributed by atoms with van der Waals surface area (Å²) in [6.07, 6.45) is 1.73. The van der Waals surface area contributed by atoms with Crippen LogP contribution in [0.25, 0.3) is 4.83 Å². The third-order valence-electron chi connectivity index (χ3n) is 3.76. The molecule has 0 amide bonds. The van der Waals surface area contributed by atoms with E-state index in [4.69, 9.17) is 4.74 Å². The standard InChI is InChI=1S/C17H24N2O3S/c1-7-18(8-2)13-12(17(4,5)6)15(21)19-9-10-23-16(19)14(13)22-11(3)20/h9-10H,7-8H2,1-6H3. The Kier molecular flexibility index (Phi) is 4.84. The predicted octanol–water partition coefficient (Wildman–Crippen LogP) is 3.43. The summed E-state index contributed by atoms with van der Waals surface area (Å²) in [6, 6.07) is 0. The maximum Gasteiger partial charge on any atom is 0.308 e. The normalized spacial score (nSPS) is 11.7. The van der Waals surface area contributed by atoms with E-state index in [1.165, 1.54) is 18.3 Å². The first-order valence-electron chi connectivity index (χ1n) is 7.82. The Balaban J connectivity index is 3.00. The van der Waals surface area contributed by atoms with Gasteiger partial charge in [-0.1, -0.05) is 20.8 Å². The Morgan fingerprint density at radius 1 is 1.30 bits per heavy atom. The highest BCUT2D eigenvalue weighted by Gasteiger charge is 2.31. The molecule has 0 aliphatic heterocycles. The summed E-state index contributed by atoms with van der Waals surface area (Å²) in [7, 11) is 0. The lowest BCUT2D eigenvalue weighted by molar-refractivity contribution is -0.131. The number of anilines is 1. The average Bonchev–Trinajstić information content (AvgIpc) is 2.92. The van der Waals surface area contributed by atoms with Gasteiger partial charge in [0.05, 0.1) is 11.3 Å². The zero-order valence-electron chi connectivity index (χ0n) is 14.6. The van der Waals surface area contributed by atoms with Gasteiger partial charge in [-0.05, 0) is 19.3 Å². The first-order chi connectivity index (χ1) is 10.7. The number of nitrogens with zero attached hydrogens (tertiary/aromatic N) is 2. The molecule has 6 heteroatoms. The summed E-state index contributed by atoms with van der Waals surface area (Å²) in [5, 5.41) is 1.84. The first kappa shape index (κ1) is 17.5. The van der Waals surface area contributed by atoms with Crippen LogP contribution in [-0.2, 0) is 10.2 Å². The third-order valence-corrected chi connectivity index (χ3v) is 4.63. The molecule has 2 rings (SSSR count). The van der Waals surface area contributed by atoms with Crippen LogP contribution in [0.2, 0.25) is 0 Å². The SMILES string of the molecule is CCN(CC)c1c(C(C)(C)C)c(=O)n2ccsc2c1OC(C)=O. The van der Waals surface area contributed by atoms with Crippen LogP contribution < -0.4 is 15.2 Å². The van der Waals surface area contributed by atoms with Crippen molar-refractivity contribution in [3.63, 3.8) is 0 Å². The van der Waals surface area contributed by atoms with E-state index < -0.39 is 0 Å². The number of carbonyl (C=O) groups is 1. The summed E-state index contributed by atoms with van der Waals surface area (Å²) in [5.74, 6) is 0.105. The van der Waals surface area contributed by atoms with Crippen LogP contribution in [0.3, 0.4) is 0 Å². The molecule has 0 aromatic carbocycles. The minimum Gasteiger partial charge on any atom is -0.421 e. The van der Waals surface area contributed by atoms with E-state index in [2.05, 4.69) is 4.90 Å². The Labute approximate surface area is 140 Å². The second kappa shape index (κ2) is 6.35. The van der Waals surface area contributed by atoms with Crippen molar-refractivity contribution in [3.8, 4) is 5.75 Å². The van der Waals surface area contributed by atoms with Crippen molar-refractivity contribution >= 4 is 27.8 Å². The van der Waals surface area contributed by atoms with Gasteiger partial charge in [0, 0.05) is 31.6 Å². The minimum atomic E-state index is -0.382. The Morgan fingerprint density at radius 2 is 1.91 bits per heavy atom. The number of rotatable bonds is 4. The van der Waals surface area contributed by atoms with Gasteiger partial charge in [-0.3, -0.25) is 14.0 Å². The molecule has 23 heavy (non-hydrogen) atoms. The molecule has 0 N–H and O–H groups in total. The van der Waals surface area contributed by atoms with Gasteiger partial charge in [-0.25, -0.2) is 0 Å². The lowest BCUT2D eigenvalue weighted by atomic mass is 9.86. The smallest absolute Gasteiger partial charge is 0.308 e. The topological polar surface area (TPSA) is 51.0 Å². The fourth-order valence-corrected chi connectivity index (χ4v) is 3.61. The van der Waals surface area contributed by atoms with Gasteiger partial charge in [-0.15, -0.1) is 11.3 Å². The fraction of sp³-hybridized carbons (Fsp3) is 0.529. The lowest BCUT2D eigenvalue weighted by Gasteiger charge is -2.31. The highest BCUT2D eigenvalue weighted by atomic mass is 32.1. The lowest BCUT2D eigenvalue weighted by Crippen LogP contribution is -2.34. The number of fused-ring (bicyclic) bond motifs is 1. The van der Waals surface area contributed by atoms with Gasteiger partial charge in [0.15, 0.2) is 5.75 Å². The second-order valence-electron chi connectivity index (χ2n) is 6.45. The Bertz CT molecular complexity index is 779. The van der Waals surface area contributed by atoms with Crippen LogP contribution in [0.15, 0.2) is 16.4 Å². The summed E-state index contributed by atoms with van der Waals surface area (Å²) in [4.78, 5) is 27.4. The van der Waals surface area contributed by atoms with Crippen molar-refractivity contribution in [1.82, 2.24) is 4.40 Å². The number of ether oxygens (including phenoxy) is 1. The van der Waals surface area contributed by atoms with Crippen molar-refractivity contribution < 1.29 is 9.53 Å². The molecule has 126 valence electrons. The van der Waals surface area contributed by atoms with Crippen molar-refractivity contribution in [2.75, 3.05) is 18.0 Å². The number of hydrogen-bond acceptors (Lipinski definition) is 5. The summed E-state index contributed by atoms with van der Waals surface area (Å²) < 4.78 is 7.14. The van der Waals surface area contributed by atoms with E-state index in [-0.39, 0.29) is 16.9 Å². The number of carbonyl (C=O) groups excluding carboxylic acids is 1. The zero-order chi connectivity index (χ0) is 17.4. The molecule has 2 heterocycles. The molecule has 0 aliphatic rings. The molecule has 2 aromatic rings. The zero-order valence-corrected chi connectivity index (χ0v) is 15.4. The molecular weight excluding hydrogens is 312 g/mol. The molecule has 0 spiro atoms. The number of hydrogen-bond donors (Lipinski definition) is 0. The largest absolute Gasteiger partial charge is 0.421 e. The molecule has 0 atom stereocenters. The van der Waals surface area contributed by atoms with Crippen LogP contribution in [0.4, 0.5) is 5.69 Å². The summed E-state index contributed by atoms with van der Waals surface area (Å²) >= 11 is 1.40. The predicted molar refractivity (Wildman–Crippen MR) is 95.1 cm³/mol. The van der Waals surface area contributed by atoms with Crippen LogP contribution in [0, 0.1) is 0 Å². The van der Waals surface area contributed by atoms with Gasteiger partial charge in [0.25, 0.3) is 5.56 Å². The van der Waals surface area contributed by atoms with Crippen LogP contribution in [0.5, 0.6) is 5.75 Å². The highest BCUT2D eigenvalue weighted by molar-refractivity contribution is 7.16. The molecule has 0 saturated carbocycles. The molecule has 0 bridgehead atoms. The van der Waals surface area contributed by atoms with Crippen LogP contribution >= 0.6 is 11.3 Å². The van der Waals surface area contributed by atoms with E-state index in [1.807, 2.05) is 40.0 Å². The van der Waals surface area contributed by atoms with E-state index in [1.54, 1.807) is 10.6 Å². The van der Waals surface area contributed by atoms with Crippen molar-refractivity contribution in [3.05, 3.63) is 27.5 Å². The van der Waals surface area contributed by atoms with Crippen LogP contribution in [-0.4, -0.2) is 23.5 Å². The van der Waals surface area contributed by atoms with Gasteiger partial charge in [0.2, 0.25) is 0 Å². The molecule has 2 aromatic heterocycles. The van der Waals surface area contributed by atoms with E-state index in [9.17, 15) is 9.59 Å². The van der Waals surface area contributed by atoms with Crippen molar-refractivity contribution in [1.29, 1.82) is 0 Å². The molecule has 0 unspecified atom stereocenters. The number of esters is 1. The van der Waals surface area contributed by atoms with Gasteiger partial charge in [0.1, 0.15) is 4.83 Å². The van der Waals surface area contributed by atoms with Gasteiger partial charge in [-0.2, -0.15) is 0 Å². The first-order valence-corrected chi connectivity index (χ1v) is 8.69. The number of pyridine rings is 1. The maximum atomic E-state index is 13.0. The molecule has 0 radical (unpaired) electrons. The monoisotopic (exact) mass is 336 g/mol. The molecule has 0 aliphatic carbocycles. The van der Waals surface area contributed by atoms with E-state index in [0.29, 0.717) is 16.1 Å². The van der Waals surface area contributed by atoms with Gasteiger partial charge >= 0.3 is 5.97 Å². The highest BCUT2D eigenvalue weighted by Crippen LogP contribution is 2.41. The summed E-state index contributed by atoms with van der Waals surface area (Å²) in [6.45, 7) is 12.9. The van der Waals surface area contributed by atoms with E-state index in [0.717, 1.165) is 18.8 Å². The van der Waals surface area contributed by atoms with E-state index >= 15 is 0 Å². The molecule has 0 fully saturated rings. The fourth-order valence-electron chi connectivity index (χ4n) is 2.79. The second-order valence-corrected chi connectivity index (χ2v) is 7.35. The van der Waals surface area contributed by atoms with Crippen molar-refractivity contribution in [2.45, 2.75) is 47.0 Å². The molecular formula is C17H24N2O3S. The number of aromatic nitrogens is 1. The Morgan fingerprint density at radius 3 is 2.39 bits per heavy atom.